The number of ether oxygens (including phenoxy) is 1. The Hall–Kier alpha value is -3.36. The van der Waals surface area contributed by atoms with Gasteiger partial charge in [-0.25, -0.2) is 4.79 Å². The number of rotatable bonds is 6. The second-order valence-electron chi connectivity index (χ2n) is 8.04. The highest BCUT2D eigenvalue weighted by Crippen LogP contribution is 2.27. The molecule has 1 amide bonds. The number of carbonyl (C=O) groups is 1. The first-order valence-electron chi connectivity index (χ1n) is 10.6. The van der Waals surface area contributed by atoms with Crippen LogP contribution in [0.3, 0.4) is 0 Å². The minimum atomic E-state index is -0.487. The van der Waals surface area contributed by atoms with Crippen molar-refractivity contribution in [2.24, 2.45) is 0 Å². The Morgan fingerprint density at radius 2 is 1.88 bits per heavy atom. The zero-order valence-electron chi connectivity index (χ0n) is 18.3. The summed E-state index contributed by atoms with van der Waals surface area (Å²) < 4.78 is 10.7. The Bertz CT molecular complexity index is 1170. The van der Waals surface area contributed by atoms with E-state index in [1.807, 2.05) is 36.2 Å². The normalized spacial score (nSPS) is 14.2. The Kier molecular flexibility index (Phi) is 6.43. The van der Waals surface area contributed by atoms with E-state index in [9.17, 15) is 14.7 Å². The number of amides is 1. The van der Waals surface area contributed by atoms with E-state index in [0.717, 1.165) is 48.6 Å². The zero-order valence-corrected chi connectivity index (χ0v) is 18.3. The van der Waals surface area contributed by atoms with Crippen LogP contribution in [0.25, 0.3) is 11.0 Å². The molecule has 0 atom stereocenters. The number of fused-ring (bicyclic) bond motifs is 1. The van der Waals surface area contributed by atoms with Crippen molar-refractivity contribution in [3.63, 3.8) is 0 Å². The second-order valence-corrected chi connectivity index (χ2v) is 8.04. The van der Waals surface area contributed by atoms with Gasteiger partial charge in [0.2, 0.25) is 5.91 Å². The summed E-state index contributed by atoms with van der Waals surface area (Å²) in [6, 6.07) is 12.5. The highest BCUT2D eigenvalue weighted by molar-refractivity contribution is 5.92. The van der Waals surface area contributed by atoms with Crippen LogP contribution >= 0.6 is 0 Å². The van der Waals surface area contributed by atoms with Crippen LogP contribution in [0, 0.1) is 6.92 Å². The van der Waals surface area contributed by atoms with Gasteiger partial charge in [-0.15, -0.1) is 0 Å². The first-order chi connectivity index (χ1) is 15.4. The number of aromatic hydroxyl groups is 1. The Morgan fingerprint density at radius 3 is 2.59 bits per heavy atom. The van der Waals surface area contributed by atoms with Crippen LogP contribution in [0.5, 0.6) is 5.75 Å². The van der Waals surface area contributed by atoms with Gasteiger partial charge in [-0.05, 0) is 55.9 Å². The molecule has 2 N–H and O–H groups in total. The summed E-state index contributed by atoms with van der Waals surface area (Å²) in [6.07, 6.45) is 0. The summed E-state index contributed by atoms with van der Waals surface area (Å²) >= 11 is 0. The Morgan fingerprint density at radius 1 is 1.16 bits per heavy atom. The maximum absolute atomic E-state index is 12.5. The molecule has 1 fully saturated rings. The molecule has 0 aliphatic carbocycles. The number of nitrogens with one attached hydrogen (secondary N) is 1. The second kappa shape index (κ2) is 9.42. The van der Waals surface area contributed by atoms with E-state index in [1.165, 1.54) is 6.07 Å². The molecule has 1 aromatic heterocycles. The molecule has 0 radical (unpaired) electrons. The number of carbonyl (C=O) groups excluding carboxylic acids is 1. The lowest BCUT2D eigenvalue weighted by atomic mass is 10.1. The fraction of sp³-hybridized carbons (Fsp3) is 0.333. The van der Waals surface area contributed by atoms with Gasteiger partial charge in [0.25, 0.3) is 0 Å². The van der Waals surface area contributed by atoms with Crippen LogP contribution in [0.15, 0.2) is 51.7 Å². The van der Waals surface area contributed by atoms with Gasteiger partial charge in [0.15, 0.2) is 0 Å². The van der Waals surface area contributed by atoms with Crippen LogP contribution in [-0.2, 0) is 16.1 Å². The average molecular weight is 437 g/mol. The molecular formula is C24H27N3O5. The lowest BCUT2D eigenvalue weighted by molar-refractivity contribution is -0.117. The topological polar surface area (TPSA) is 95.3 Å². The number of benzene rings is 2. The van der Waals surface area contributed by atoms with E-state index >= 15 is 0 Å². The molecule has 32 heavy (non-hydrogen) atoms. The van der Waals surface area contributed by atoms with E-state index < -0.39 is 5.63 Å². The highest BCUT2D eigenvalue weighted by atomic mass is 16.5. The van der Waals surface area contributed by atoms with Crippen molar-refractivity contribution in [2.45, 2.75) is 13.5 Å². The minimum absolute atomic E-state index is 0.0742. The molecule has 3 aromatic rings. The molecule has 0 bridgehead atoms. The molecule has 1 aliphatic heterocycles. The summed E-state index contributed by atoms with van der Waals surface area (Å²) in [5.41, 5.74) is 2.98. The van der Waals surface area contributed by atoms with Crippen molar-refractivity contribution in [3.8, 4) is 5.75 Å². The van der Waals surface area contributed by atoms with Gasteiger partial charge in [0.05, 0.1) is 19.8 Å². The first-order valence-corrected chi connectivity index (χ1v) is 10.6. The third-order valence-electron chi connectivity index (χ3n) is 5.60. The third-order valence-corrected chi connectivity index (χ3v) is 5.60. The number of phenols is 1. The number of aryl methyl sites for hydroxylation is 1. The van der Waals surface area contributed by atoms with Crippen LogP contribution in [-0.4, -0.2) is 55.8 Å². The monoisotopic (exact) mass is 437 g/mol. The Labute approximate surface area is 186 Å². The Balaban J connectivity index is 1.39. The maximum Gasteiger partial charge on any atom is 0.336 e. The van der Waals surface area contributed by atoms with Gasteiger partial charge in [0.1, 0.15) is 11.3 Å². The summed E-state index contributed by atoms with van der Waals surface area (Å²) in [6.45, 7) is 5.42. The maximum atomic E-state index is 12.5. The summed E-state index contributed by atoms with van der Waals surface area (Å²) in [5.74, 6) is -0.0714. The largest absolute Gasteiger partial charge is 0.508 e. The lowest BCUT2D eigenvalue weighted by Crippen LogP contribution is -2.36. The molecule has 4 rings (SSSR count). The van der Waals surface area contributed by atoms with Crippen molar-refractivity contribution >= 4 is 28.3 Å². The summed E-state index contributed by atoms with van der Waals surface area (Å²) in [5, 5.41) is 13.6. The predicted octanol–water partition coefficient (Wildman–Crippen LogP) is 2.71. The van der Waals surface area contributed by atoms with Crippen molar-refractivity contribution in [1.29, 1.82) is 0 Å². The van der Waals surface area contributed by atoms with Crippen LogP contribution in [0.2, 0.25) is 0 Å². The molecule has 8 heteroatoms. The van der Waals surface area contributed by atoms with E-state index in [-0.39, 0.29) is 18.2 Å². The van der Waals surface area contributed by atoms with Crippen molar-refractivity contribution < 1.29 is 19.1 Å². The van der Waals surface area contributed by atoms with Gasteiger partial charge in [-0.1, -0.05) is 0 Å². The van der Waals surface area contributed by atoms with Crippen LogP contribution < -0.4 is 15.8 Å². The van der Waals surface area contributed by atoms with Gasteiger partial charge >= 0.3 is 5.63 Å². The molecule has 1 saturated heterocycles. The van der Waals surface area contributed by atoms with Gasteiger partial charge in [-0.2, -0.15) is 0 Å². The number of anilines is 2. The van der Waals surface area contributed by atoms with E-state index in [4.69, 9.17) is 9.15 Å². The van der Waals surface area contributed by atoms with E-state index in [0.29, 0.717) is 17.7 Å². The van der Waals surface area contributed by atoms with Crippen molar-refractivity contribution in [2.75, 3.05) is 50.1 Å². The van der Waals surface area contributed by atoms with Crippen LogP contribution in [0.4, 0.5) is 11.4 Å². The number of nitrogens with zero attached hydrogens (tertiary/aromatic N) is 2. The van der Waals surface area contributed by atoms with Gasteiger partial charge in [0, 0.05) is 48.0 Å². The average Bonchev–Trinajstić information content (AvgIpc) is 2.77. The molecule has 2 heterocycles. The number of morpholine rings is 1. The lowest BCUT2D eigenvalue weighted by Gasteiger charge is -2.28. The molecule has 1 aliphatic rings. The quantitative estimate of drug-likeness (QED) is 0.573. The number of likely N-dealkylation sites (N-methyl/N-ethyl adjacent to an activating group) is 1. The number of hydrogen-bond acceptors (Lipinski definition) is 7. The number of hydrogen-bond donors (Lipinski definition) is 2. The smallest absolute Gasteiger partial charge is 0.336 e. The van der Waals surface area contributed by atoms with Crippen molar-refractivity contribution in [3.05, 3.63) is 64.0 Å². The molecule has 2 aromatic carbocycles. The summed E-state index contributed by atoms with van der Waals surface area (Å²) in [4.78, 5) is 28.6. The minimum Gasteiger partial charge on any atom is -0.508 e. The number of phenolic OH excluding ortho intramolecular Hbond substituents is 1. The highest BCUT2D eigenvalue weighted by Gasteiger charge is 2.15. The fourth-order valence-electron chi connectivity index (χ4n) is 3.92. The third kappa shape index (κ3) is 4.92. The first kappa shape index (κ1) is 21.9. The molecule has 0 spiro atoms. The summed E-state index contributed by atoms with van der Waals surface area (Å²) in [7, 11) is 1.81. The standard InChI is InChI=1S/C24H27N3O5/c1-16-21(28)8-7-20-17(13-23(30)32-24(16)20)14-26(2)15-22(29)25-18-3-5-19(6-4-18)27-9-11-31-12-10-27/h3-8,13,28H,9-12,14-15H2,1-2H3,(H,25,29). The van der Waals surface area contributed by atoms with E-state index in [1.54, 1.807) is 19.1 Å². The van der Waals surface area contributed by atoms with Gasteiger partial charge < -0.3 is 24.5 Å². The fourth-order valence-corrected chi connectivity index (χ4v) is 3.92. The predicted molar refractivity (Wildman–Crippen MR) is 123 cm³/mol. The molecular weight excluding hydrogens is 410 g/mol. The van der Waals surface area contributed by atoms with Crippen LogP contribution in [0.1, 0.15) is 11.1 Å². The zero-order chi connectivity index (χ0) is 22.7. The van der Waals surface area contributed by atoms with Gasteiger partial charge in [-0.3, -0.25) is 9.69 Å². The molecule has 0 unspecified atom stereocenters. The molecule has 168 valence electrons. The molecule has 8 nitrogen and oxygen atoms in total. The SMILES string of the molecule is Cc1c(O)ccc2c(CN(C)CC(=O)Nc3ccc(N4CCOCC4)cc3)cc(=O)oc12. The van der Waals surface area contributed by atoms with Crippen molar-refractivity contribution in [1.82, 2.24) is 4.90 Å². The van der Waals surface area contributed by atoms with E-state index in [2.05, 4.69) is 10.2 Å². The molecule has 0 saturated carbocycles.